The number of methoxy groups -OCH3 is 3. The summed E-state index contributed by atoms with van der Waals surface area (Å²) in [4.78, 5) is 25.0. The van der Waals surface area contributed by atoms with Gasteiger partial charge in [0.05, 0.1) is 21.3 Å². The Morgan fingerprint density at radius 3 is 2.23 bits per heavy atom. The van der Waals surface area contributed by atoms with Gasteiger partial charge in [0.1, 0.15) is 5.56 Å². The van der Waals surface area contributed by atoms with E-state index in [1.165, 1.54) is 40.0 Å². The van der Waals surface area contributed by atoms with Gasteiger partial charge in [-0.2, -0.15) is 0 Å². The predicted molar refractivity (Wildman–Crippen MR) is 98.2 cm³/mol. The number of rotatable bonds is 7. The Hall–Kier alpha value is -2.67. The van der Waals surface area contributed by atoms with E-state index in [4.69, 9.17) is 18.9 Å². The number of ether oxygens (including phenoxy) is 4. The Labute approximate surface area is 156 Å². The van der Waals surface area contributed by atoms with Gasteiger partial charge >= 0.3 is 11.9 Å². The zero-order chi connectivity index (χ0) is 19.1. The van der Waals surface area contributed by atoms with Gasteiger partial charge in [-0.15, -0.1) is 11.8 Å². The van der Waals surface area contributed by atoms with Crippen LogP contribution < -0.4 is 14.2 Å². The molecule has 0 aliphatic carbocycles. The van der Waals surface area contributed by atoms with Crippen LogP contribution in [0.3, 0.4) is 0 Å². The Bertz CT molecular complexity index is 788. The molecule has 0 N–H and O–H groups in total. The van der Waals surface area contributed by atoms with Crippen LogP contribution in [-0.2, 0) is 15.3 Å². The SMILES string of the molecule is COC(=O)c1c(CSc2ccccc2)cc(OC)c(OC)c1OC(C)=O. The predicted octanol–water partition coefficient (Wildman–Crippen LogP) is 3.71. The summed E-state index contributed by atoms with van der Waals surface area (Å²) in [6.45, 7) is 1.25. The van der Waals surface area contributed by atoms with E-state index >= 15 is 0 Å². The summed E-state index contributed by atoms with van der Waals surface area (Å²) in [5.74, 6) is -0.232. The van der Waals surface area contributed by atoms with Crippen LogP contribution in [0.2, 0.25) is 0 Å². The fourth-order valence-corrected chi connectivity index (χ4v) is 3.27. The van der Waals surface area contributed by atoms with Crippen LogP contribution in [0, 0.1) is 0 Å². The molecule has 0 aliphatic rings. The first-order chi connectivity index (χ1) is 12.5. The third-order valence-electron chi connectivity index (χ3n) is 3.48. The van der Waals surface area contributed by atoms with Crippen LogP contribution in [0.15, 0.2) is 41.3 Å². The van der Waals surface area contributed by atoms with E-state index in [0.29, 0.717) is 17.1 Å². The minimum absolute atomic E-state index is 0.00476. The van der Waals surface area contributed by atoms with Gasteiger partial charge in [-0.3, -0.25) is 4.79 Å². The van der Waals surface area contributed by atoms with E-state index in [1.54, 1.807) is 6.07 Å². The number of esters is 2. The van der Waals surface area contributed by atoms with Crippen LogP contribution in [0.25, 0.3) is 0 Å². The number of benzene rings is 2. The molecule has 2 aromatic carbocycles. The average molecular weight is 376 g/mol. The van der Waals surface area contributed by atoms with Gasteiger partial charge in [-0.05, 0) is 23.8 Å². The molecule has 0 aliphatic heterocycles. The van der Waals surface area contributed by atoms with Crippen LogP contribution in [0.5, 0.6) is 17.2 Å². The maximum Gasteiger partial charge on any atom is 0.342 e. The van der Waals surface area contributed by atoms with E-state index in [-0.39, 0.29) is 17.1 Å². The van der Waals surface area contributed by atoms with Crippen molar-refractivity contribution in [1.29, 1.82) is 0 Å². The fraction of sp³-hybridized carbons (Fsp3) is 0.263. The molecule has 0 aromatic heterocycles. The number of thioether (sulfide) groups is 1. The van der Waals surface area contributed by atoms with E-state index in [0.717, 1.165) is 4.90 Å². The minimum atomic E-state index is -0.620. The molecule has 6 nitrogen and oxygen atoms in total. The van der Waals surface area contributed by atoms with Crippen molar-refractivity contribution in [2.75, 3.05) is 21.3 Å². The van der Waals surface area contributed by atoms with Gasteiger partial charge in [0.25, 0.3) is 0 Å². The first-order valence-electron chi connectivity index (χ1n) is 7.74. The average Bonchev–Trinajstić information content (AvgIpc) is 2.65. The summed E-state index contributed by atoms with van der Waals surface area (Å²) in [7, 11) is 4.15. The first kappa shape index (κ1) is 19.7. The van der Waals surface area contributed by atoms with Gasteiger partial charge in [0, 0.05) is 17.6 Å². The molecule has 0 fully saturated rings. The summed E-state index contributed by atoms with van der Waals surface area (Å²) < 4.78 is 20.8. The lowest BCUT2D eigenvalue weighted by molar-refractivity contribution is -0.132. The second kappa shape index (κ2) is 9.15. The second-order valence-electron chi connectivity index (χ2n) is 5.16. The topological polar surface area (TPSA) is 71.1 Å². The highest BCUT2D eigenvalue weighted by molar-refractivity contribution is 7.98. The molecule has 26 heavy (non-hydrogen) atoms. The highest BCUT2D eigenvalue weighted by atomic mass is 32.2. The van der Waals surface area contributed by atoms with Crippen molar-refractivity contribution >= 4 is 23.7 Å². The van der Waals surface area contributed by atoms with Gasteiger partial charge < -0.3 is 18.9 Å². The number of hydrogen-bond acceptors (Lipinski definition) is 7. The van der Waals surface area contributed by atoms with E-state index < -0.39 is 11.9 Å². The minimum Gasteiger partial charge on any atom is -0.493 e. The molecule has 0 saturated heterocycles. The number of carbonyl (C=O) groups excluding carboxylic acids is 2. The standard InChI is InChI=1S/C19H20O6S/c1-12(20)25-18-16(19(21)24-4)13(10-15(22-2)17(18)23-3)11-26-14-8-6-5-7-9-14/h5-10H,11H2,1-4H3. The van der Waals surface area contributed by atoms with E-state index in [1.807, 2.05) is 30.3 Å². The molecule has 2 aromatic rings. The molecule has 0 saturated carbocycles. The molecule has 138 valence electrons. The van der Waals surface area contributed by atoms with Crippen molar-refractivity contribution in [3.63, 3.8) is 0 Å². The van der Waals surface area contributed by atoms with E-state index in [2.05, 4.69) is 0 Å². The zero-order valence-corrected chi connectivity index (χ0v) is 15.8. The van der Waals surface area contributed by atoms with Crippen molar-refractivity contribution < 1.29 is 28.5 Å². The van der Waals surface area contributed by atoms with Crippen molar-refractivity contribution in [3.05, 3.63) is 47.5 Å². The lowest BCUT2D eigenvalue weighted by atomic mass is 10.1. The smallest absolute Gasteiger partial charge is 0.342 e. The summed E-state index contributed by atoms with van der Waals surface area (Å²) in [5, 5.41) is 0. The lowest BCUT2D eigenvalue weighted by Gasteiger charge is -2.18. The highest BCUT2D eigenvalue weighted by Gasteiger charge is 2.27. The molecule has 0 bridgehead atoms. The van der Waals surface area contributed by atoms with Gasteiger partial charge in [-0.25, -0.2) is 4.79 Å². The maximum atomic E-state index is 12.4. The van der Waals surface area contributed by atoms with Crippen LogP contribution >= 0.6 is 11.8 Å². The summed E-state index contributed by atoms with van der Waals surface area (Å²) in [6, 6.07) is 11.4. The molecule has 0 amide bonds. The molecule has 0 heterocycles. The Morgan fingerprint density at radius 2 is 1.69 bits per heavy atom. The summed E-state index contributed by atoms with van der Waals surface area (Å²) >= 11 is 1.53. The third-order valence-corrected chi connectivity index (χ3v) is 4.54. The molecule has 0 spiro atoms. The number of hydrogen-bond donors (Lipinski definition) is 0. The molecule has 7 heteroatoms. The van der Waals surface area contributed by atoms with Crippen molar-refractivity contribution in [2.45, 2.75) is 17.6 Å². The van der Waals surface area contributed by atoms with Crippen LogP contribution in [0.4, 0.5) is 0 Å². The fourth-order valence-electron chi connectivity index (χ4n) is 2.37. The summed E-state index contributed by atoms with van der Waals surface area (Å²) in [6.07, 6.45) is 0. The Balaban J connectivity index is 2.56. The van der Waals surface area contributed by atoms with Gasteiger partial charge in [0.15, 0.2) is 11.5 Å². The highest BCUT2D eigenvalue weighted by Crippen LogP contribution is 2.44. The lowest BCUT2D eigenvalue weighted by Crippen LogP contribution is -2.13. The van der Waals surface area contributed by atoms with Crippen molar-refractivity contribution in [2.24, 2.45) is 0 Å². The Kier molecular flexibility index (Phi) is 6.91. The monoisotopic (exact) mass is 376 g/mol. The molecule has 0 radical (unpaired) electrons. The third kappa shape index (κ3) is 4.49. The second-order valence-corrected chi connectivity index (χ2v) is 6.21. The molecular weight excluding hydrogens is 356 g/mol. The van der Waals surface area contributed by atoms with Gasteiger partial charge in [0.2, 0.25) is 5.75 Å². The van der Waals surface area contributed by atoms with Crippen molar-refractivity contribution in [1.82, 2.24) is 0 Å². The quantitative estimate of drug-likeness (QED) is 0.414. The molecule has 2 rings (SSSR count). The molecule has 0 unspecified atom stereocenters. The first-order valence-corrected chi connectivity index (χ1v) is 8.72. The van der Waals surface area contributed by atoms with Gasteiger partial charge in [-0.1, -0.05) is 18.2 Å². The summed E-state index contributed by atoms with van der Waals surface area (Å²) in [5.41, 5.74) is 0.753. The Morgan fingerprint density at radius 1 is 1.00 bits per heavy atom. The van der Waals surface area contributed by atoms with Crippen molar-refractivity contribution in [3.8, 4) is 17.2 Å². The zero-order valence-electron chi connectivity index (χ0n) is 15.0. The largest absolute Gasteiger partial charge is 0.493 e. The normalized spacial score (nSPS) is 10.2. The van der Waals surface area contributed by atoms with E-state index in [9.17, 15) is 9.59 Å². The molecular formula is C19H20O6S. The molecule has 0 atom stereocenters. The van der Waals surface area contributed by atoms with Crippen LogP contribution in [-0.4, -0.2) is 33.3 Å². The maximum absolute atomic E-state index is 12.4. The van der Waals surface area contributed by atoms with Crippen LogP contribution in [0.1, 0.15) is 22.8 Å². The number of carbonyl (C=O) groups is 2.